The Hall–Kier alpha value is -2.86. The lowest BCUT2D eigenvalue weighted by Crippen LogP contribution is -2.13. The number of aryl methyl sites for hydroxylation is 1. The fourth-order valence-electron chi connectivity index (χ4n) is 2.35. The van der Waals surface area contributed by atoms with Gasteiger partial charge in [-0.25, -0.2) is 4.98 Å². The highest BCUT2D eigenvalue weighted by Crippen LogP contribution is 2.18. The molecule has 0 unspecified atom stereocenters. The van der Waals surface area contributed by atoms with Crippen LogP contribution in [0.2, 0.25) is 0 Å². The van der Waals surface area contributed by atoms with Gasteiger partial charge in [0.25, 0.3) is 0 Å². The van der Waals surface area contributed by atoms with Gasteiger partial charge in [-0.05, 0) is 36.8 Å². The van der Waals surface area contributed by atoms with E-state index in [9.17, 15) is 0 Å². The van der Waals surface area contributed by atoms with E-state index in [1.807, 2.05) is 55.5 Å². The predicted molar refractivity (Wildman–Crippen MR) is 93.9 cm³/mol. The molecule has 3 aromatic rings. The molecule has 0 spiro atoms. The van der Waals surface area contributed by atoms with Gasteiger partial charge >= 0.3 is 0 Å². The molecule has 0 aliphatic carbocycles. The number of nitrogens with two attached hydrogens (primary N) is 1. The van der Waals surface area contributed by atoms with E-state index in [1.165, 1.54) is 5.56 Å². The van der Waals surface area contributed by atoms with Crippen LogP contribution >= 0.6 is 0 Å². The highest BCUT2D eigenvalue weighted by molar-refractivity contribution is 5.46. The van der Waals surface area contributed by atoms with E-state index in [-0.39, 0.29) is 6.04 Å². The number of benzene rings is 2. The van der Waals surface area contributed by atoms with Gasteiger partial charge in [0.05, 0.1) is 19.7 Å². The Morgan fingerprint density at radius 2 is 1.83 bits per heavy atom. The van der Waals surface area contributed by atoms with Crippen LogP contribution in [0.3, 0.4) is 0 Å². The minimum Gasteiger partial charge on any atom is -0.497 e. The summed E-state index contributed by atoms with van der Waals surface area (Å²) in [7, 11) is 1.65. The molecule has 0 radical (unpaired) electrons. The van der Waals surface area contributed by atoms with Crippen molar-refractivity contribution in [2.45, 2.75) is 19.5 Å². The summed E-state index contributed by atoms with van der Waals surface area (Å²) in [6, 6.07) is 15.5. The summed E-state index contributed by atoms with van der Waals surface area (Å²) < 4.78 is 5.14. The van der Waals surface area contributed by atoms with Crippen molar-refractivity contribution in [2.75, 3.05) is 12.4 Å². The SMILES string of the molecule is COc1ccc(NCc2nc([C@H](N)c3ccc(C)cc3)n[nH]2)cc1. The van der Waals surface area contributed by atoms with E-state index >= 15 is 0 Å². The number of aromatic nitrogens is 3. The molecule has 3 rings (SSSR count). The van der Waals surface area contributed by atoms with Gasteiger partial charge < -0.3 is 15.8 Å². The number of nitrogens with one attached hydrogen (secondary N) is 2. The Balaban J connectivity index is 1.63. The van der Waals surface area contributed by atoms with Crippen LogP contribution in [0.25, 0.3) is 0 Å². The minimum absolute atomic E-state index is 0.336. The maximum Gasteiger partial charge on any atom is 0.171 e. The van der Waals surface area contributed by atoms with Gasteiger partial charge in [-0.3, -0.25) is 5.10 Å². The Bertz CT molecular complexity index is 780. The minimum atomic E-state index is -0.336. The zero-order chi connectivity index (χ0) is 16.9. The largest absolute Gasteiger partial charge is 0.497 e. The fraction of sp³-hybridized carbons (Fsp3) is 0.222. The third-order valence-corrected chi connectivity index (χ3v) is 3.81. The van der Waals surface area contributed by atoms with Crippen LogP contribution in [0.15, 0.2) is 48.5 Å². The van der Waals surface area contributed by atoms with Gasteiger partial charge in [0.15, 0.2) is 5.82 Å². The molecule has 0 bridgehead atoms. The molecule has 6 heteroatoms. The van der Waals surface area contributed by atoms with Gasteiger partial charge in [0.2, 0.25) is 0 Å². The third kappa shape index (κ3) is 3.72. The van der Waals surface area contributed by atoms with Crippen LogP contribution in [0.5, 0.6) is 5.75 Å². The number of anilines is 1. The predicted octanol–water partition coefficient (Wildman–Crippen LogP) is 2.78. The molecule has 0 amide bonds. The molecule has 1 heterocycles. The highest BCUT2D eigenvalue weighted by Gasteiger charge is 2.14. The van der Waals surface area contributed by atoms with Crippen LogP contribution in [0, 0.1) is 6.92 Å². The van der Waals surface area contributed by atoms with E-state index in [0.29, 0.717) is 12.4 Å². The summed E-state index contributed by atoms with van der Waals surface area (Å²) in [5, 5.41) is 10.4. The van der Waals surface area contributed by atoms with Gasteiger partial charge in [0, 0.05) is 5.69 Å². The lowest BCUT2D eigenvalue weighted by atomic mass is 10.1. The molecule has 24 heavy (non-hydrogen) atoms. The summed E-state index contributed by atoms with van der Waals surface area (Å²) in [4.78, 5) is 4.48. The molecule has 0 saturated carbocycles. The Kier molecular flexibility index (Phi) is 4.77. The Morgan fingerprint density at radius 3 is 2.50 bits per heavy atom. The lowest BCUT2D eigenvalue weighted by molar-refractivity contribution is 0.415. The van der Waals surface area contributed by atoms with E-state index in [2.05, 4.69) is 20.5 Å². The van der Waals surface area contributed by atoms with E-state index < -0.39 is 0 Å². The molecule has 0 saturated heterocycles. The molecule has 1 aromatic heterocycles. The highest BCUT2D eigenvalue weighted by atomic mass is 16.5. The van der Waals surface area contributed by atoms with E-state index in [1.54, 1.807) is 7.11 Å². The number of aromatic amines is 1. The number of methoxy groups -OCH3 is 1. The first-order valence-electron chi connectivity index (χ1n) is 7.77. The molecule has 6 nitrogen and oxygen atoms in total. The maximum atomic E-state index is 6.24. The van der Waals surface area contributed by atoms with Crippen LogP contribution in [-0.2, 0) is 6.54 Å². The molecule has 1 atom stereocenters. The molecule has 124 valence electrons. The summed E-state index contributed by atoms with van der Waals surface area (Å²) in [6.45, 7) is 2.59. The smallest absolute Gasteiger partial charge is 0.171 e. The fourth-order valence-corrected chi connectivity index (χ4v) is 2.35. The van der Waals surface area contributed by atoms with Crippen molar-refractivity contribution in [1.29, 1.82) is 0 Å². The third-order valence-electron chi connectivity index (χ3n) is 3.81. The van der Waals surface area contributed by atoms with Crippen molar-refractivity contribution < 1.29 is 4.74 Å². The lowest BCUT2D eigenvalue weighted by Gasteiger charge is -2.08. The second-order valence-electron chi connectivity index (χ2n) is 5.61. The van der Waals surface area contributed by atoms with E-state index in [0.717, 1.165) is 22.8 Å². The van der Waals surface area contributed by atoms with Gasteiger partial charge in [-0.15, -0.1) is 0 Å². The van der Waals surface area contributed by atoms with E-state index in [4.69, 9.17) is 10.5 Å². The zero-order valence-corrected chi connectivity index (χ0v) is 13.8. The average Bonchev–Trinajstić information content (AvgIpc) is 3.09. The Morgan fingerprint density at radius 1 is 1.12 bits per heavy atom. The average molecular weight is 323 g/mol. The first-order valence-corrected chi connectivity index (χ1v) is 7.77. The van der Waals surface area contributed by atoms with Gasteiger partial charge in [0.1, 0.15) is 11.6 Å². The van der Waals surface area contributed by atoms with Crippen LogP contribution in [-0.4, -0.2) is 22.3 Å². The van der Waals surface area contributed by atoms with Crippen molar-refractivity contribution in [3.05, 3.63) is 71.3 Å². The molecule has 2 aromatic carbocycles. The number of nitrogens with zero attached hydrogens (tertiary/aromatic N) is 2. The van der Waals surface area contributed by atoms with Crippen LogP contribution in [0.4, 0.5) is 5.69 Å². The van der Waals surface area contributed by atoms with Crippen molar-refractivity contribution in [3.8, 4) is 5.75 Å². The Labute approximate surface area is 141 Å². The van der Waals surface area contributed by atoms with Crippen LogP contribution < -0.4 is 15.8 Å². The first-order chi connectivity index (χ1) is 11.7. The molecule has 4 N–H and O–H groups in total. The van der Waals surface area contributed by atoms with Crippen molar-refractivity contribution >= 4 is 5.69 Å². The molecular formula is C18H21N5O. The molecule has 0 fully saturated rings. The number of ether oxygens (including phenoxy) is 1. The van der Waals surface area contributed by atoms with Crippen molar-refractivity contribution in [2.24, 2.45) is 5.73 Å². The normalized spacial score (nSPS) is 12.0. The van der Waals surface area contributed by atoms with Crippen LogP contribution in [0.1, 0.15) is 28.8 Å². The quantitative estimate of drug-likeness (QED) is 0.649. The topological polar surface area (TPSA) is 88.8 Å². The summed E-state index contributed by atoms with van der Waals surface area (Å²) in [6.07, 6.45) is 0. The summed E-state index contributed by atoms with van der Waals surface area (Å²) in [5.74, 6) is 2.15. The molecular weight excluding hydrogens is 302 g/mol. The van der Waals surface area contributed by atoms with Gasteiger partial charge in [-0.2, -0.15) is 5.10 Å². The monoisotopic (exact) mass is 323 g/mol. The number of hydrogen-bond acceptors (Lipinski definition) is 5. The van der Waals surface area contributed by atoms with Crippen molar-refractivity contribution in [3.63, 3.8) is 0 Å². The molecule has 0 aliphatic heterocycles. The summed E-state index contributed by atoms with van der Waals surface area (Å²) >= 11 is 0. The molecule has 0 aliphatic rings. The zero-order valence-electron chi connectivity index (χ0n) is 13.8. The standard InChI is InChI=1S/C18H21N5O/c1-12-3-5-13(6-4-12)17(19)18-21-16(22-23-18)11-20-14-7-9-15(24-2)10-8-14/h3-10,17,20H,11,19H2,1-2H3,(H,21,22,23)/t17-/m1/s1. The first kappa shape index (κ1) is 16.0. The second kappa shape index (κ2) is 7.14. The number of H-pyrrole nitrogens is 1. The van der Waals surface area contributed by atoms with Crippen molar-refractivity contribution in [1.82, 2.24) is 15.2 Å². The number of hydrogen-bond donors (Lipinski definition) is 3. The number of rotatable bonds is 6. The summed E-state index contributed by atoms with van der Waals surface area (Å²) in [5.41, 5.74) is 9.42. The van der Waals surface area contributed by atoms with Gasteiger partial charge in [-0.1, -0.05) is 29.8 Å². The second-order valence-corrected chi connectivity index (χ2v) is 5.61. The maximum absolute atomic E-state index is 6.24.